The van der Waals surface area contributed by atoms with Crippen LogP contribution in [-0.4, -0.2) is 28.6 Å². The molecule has 5 aromatic rings. The predicted molar refractivity (Wildman–Crippen MR) is 158 cm³/mol. The Kier molecular flexibility index (Phi) is 8.37. The first-order chi connectivity index (χ1) is 19.1. The second-order valence-corrected chi connectivity index (χ2v) is 9.96. The summed E-state index contributed by atoms with van der Waals surface area (Å²) in [5, 5.41) is 3.07. The zero-order valence-electron chi connectivity index (χ0n) is 22.7. The molecular weight excluding hydrogens is 482 g/mol. The van der Waals surface area contributed by atoms with Gasteiger partial charge in [0.15, 0.2) is 0 Å². The summed E-state index contributed by atoms with van der Waals surface area (Å²) in [7, 11) is 0. The fraction of sp³-hybridized carbons (Fsp3) is 0.235. The first-order valence-corrected chi connectivity index (χ1v) is 13.6. The first-order valence-electron chi connectivity index (χ1n) is 13.6. The van der Waals surface area contributed by atoms with Crippen molar-refractivity contribution in [3.05, 3.63) is 120 Å². The van der Waals surface area contributed by atoms with Crippen molar-refractivity contribution in [3.63, 3.8) is 0 Å². The summed E-state index contributed by atoms with van der Waals surface area (Å²) in [6, 6.07) is 32.9. The summed E-state index contributed by atoms with van der Waals surface area (Å²) in [6.45, 7) is 6.10. The number of rotatable bonds is 11. The highest BCUT2D eigenvalue weighted by Crippen LogP contribution is 2.21. The standard InChI is InChI=1S/C34H35N3O2/c1-25-14-19-30(23-26(25)2)39-22-21-37-32-12-7-6-11-31(32)36-33(37)13-8-20-35-34(38)24-27-15-17-29(18-16-27)28-9-4-3-5-10-28/h3-7,9-12,14-19,23H,8,13,20-22,24H2,1-2H3,(H,35,38). The summed E-state index contributed by atoms with van der Waals surface area (Å²) in [5.74, 6) is 1.95. The molecule has 0 aliphatic heterocycles. The van der Waals surface area contributed by atoms with Crippen LogP contribution in [0.2, 0.25) is 0 Å². The van der Waals surface area contributed by atoms with Crippen molar-refractivity contribution in [1.29, 1.82) is 0 Å². The number of hydrogen-bond donors (Lipinski definition) is 1. The van der Waals surface area contributed by atoms with Gasteiger partial charge in [-0.25, -0.2) is 4.98 Å². The third-order valence-electron chi connectivity index (χ3n) is 7.12. The molecule has 1 N–H and O–H groups in total. The summed E-state index contributed by atoms with van der Waals surface area (Å²) in [6.07, 6.45) is 1.98. The Bertz CT molecular complexity index is 1540. The number of carbonyl (C=O) groups is 1. The number of benzene rings is 4. The van der Waals surface area contributed by atoms with Gasteiger partial charge in [0.1, 0.15) is 18.2 Å². The van der Waals surface area contributed by atoms with Gasteiger partial charge < -0.3 is 14.6 Å². The van der Waals surface area contributed by atoms with Crippen LogP contribution in [0, 0.1) is 13.8 Å². The van der Waals surface area contributed by atoms with Gasteiger partial charge in [0.05, 0.1) is 24.0 Å². The van der Waals surface area contributed by atoms with Crippen LogP contribution in [0.1, 0.15) is 28.9 Å². The number of nitrogens with one attached hydrogen (secondary N) is 1. The number of hydrogen-bond acceptors (Lipinski definition) is 3. The number of carbonyl (C=O) groups excluding carboxylic acids is 1. The van der Waals surface area contributed by atoms with Gasteiger partial charge in [-0.2, -0.15) is 0 Å². The SMILES string of the molecule is Cc1ccc(OCCn2c(CCCNC(=O)Cc3ccc(-c4ccccc4)cc3)nc3ccccc32)cc1C. The van der Waals surface area contributed by atoms with Crippen LogP contribution < -0.4 is 10.1 Å². The number of nitrogens with zero attached hydrogens (tertiary/aromatic N) is 2. The van der Waals surface area contributed by atoms with Gasteiger partial charge in [-0.15, -0.1) is 0 Å². The predicted octanol–water partition coefficient (Wildman–Crippen LogP) is 6.69. The maximum atomic E-state index is 12.6. The van der Waals surface area contributed by atoms with Crippen LogP contribution in [0.4, 0.5) is 0 Å². The molecule has 198 valence electrons. The molecule has 1 heterocycles. The monoisotopic (exact) mass is 517 g/mol. The van der Waals surface area contributed by atoms with E-state index in [2.05, 4.69) is 66.2 Å². The minimum atomic E-state index is 0.0396. The normalized spacial score (nSPS) is 11.0. The van der Waals surface area contributed by atoms with Crippen molar-refractivity contribution < 1.29 is 9.53 Å². The lowest BCUT2D eigenvalue weighted by Gasteiger charge is -2.12. The van der Waals surface area contributed by atoms with Crippen molar-refractivity contribution >= 4 is 16.9 Å². The van der Waals surface area contributed by atoms with E-state index in [1.807, 2.05) is 54.6 Å². The first kappa shape index (κ1) is 26.2. The Labute approximate surface area is 230 Å². The molecule has 0 aliphatic rings. The third-order valence-corrected chi connectivity index (χ3v) is 7.12. The molecule has 5 heteroatoms. The summed E-state index contributed by atoms with van der Waals surface area (Å²) >= 11 is 0. The lowest BCUT2D eigenvalue weighted by molar-refractivity contribution is -0.120. The van der Waals surface area contributed by atoms with Crippen LogP contribution in [0.5, 0.6) is 5.75 Å². The van der Waals surface area contributed by atoms with Crippen molar-refractivity contribution in [2.24, 2.45) is 0 Å². The minimum absolute atomic E-state index is 0.0396. The molecule has 0 fully saturated rings. The van der Waals surface area contributed by atoms with Crippen LogP contribution in [0.15, 0.2) is 97.1 Å². The average molecular weight is 518 g/mol. The summed E-state index contributed by atoms with van der Waals surface area (Å²) in [5.41, 5.74) is 7.93. The van der Waals surface area contributed by atoms with Crippen LogP contribution in [0.3, 0.4) is 0 Å². The van der Waals surface area contributed by atoms with Crippen LogP contribution in [0.25, 0.3) is 22.2 Å². The van der Waals surface area contributed by atoms with Gasteiger partial charge in [0.25, 0.3) is 0 Å². The molecule has 0 atom stereocenters. The Morgan fingerprint density at radius 2 is 1.59 bits per heavy atom. The van der Waals surface area contributed by atoms with Gasteiger partial charge in [0, 0.05) is 13.0 Å². The number of aryl methyl sites for hydroxylation is 3. The molecule has 1 aromatic heterocycles. The molecule has 39 heavy (non-hydrogen) atoms. The molecule has 4 aromatic carbocycles. The van der Waals surface area contributed by atoms with E-state index in [1.54, 1.807) is 0 Å². The van der Waals surface area contributed by atoms with Crippen molar-refractivity contribution in [1.82, 2.24) is 14.9 Å². The van der Waals surface area contributed by atoms with E-state index in [-0.39, 0.29) is 5.91 Å². The Morgan fingerprint density at radius 3 is 2.38 bits per heavy atom. The number of fused-ring (bicyclic) bond motifs is 1. The highest BCUT2D eigenvalue weighted by molar-refractivity contribution is 5.79. The number of ether oxygens (including phenoxy) is 1. The maximum Gasteiger partial charge on any atom is 0.224 e. The van der Waals surface area contributed by atoms with E-state index in [0.717, 1.165) is 46.6 Å². The van der Waals surface area contributed by atoms with E-state index in [0.29, 0.717) is 26.1 Å². The molecule has 0 unspecified atom stereocenters. The molecule has 1 amide bonds. The smallest absolute Gasteiger partial charge is 0.224 e. The third kappa shape index (κ3) is 6.74. The van der Waals surface area contributed by atoms with E-state index >= 15 is 0 Å². The van der Waals surface area contributed by atoms with E-state index < -0.39 is 0 Å². The fourth-order valence-electron chi connectivity index (χ4n) is 4.79. The highest BCUT2D eigenvalue weighted by Gasteiger charge is 2.11. The molecule has 5 nitrogen and oxygen atoms in total. The van der Waals surface area contributed by atoms with Crippen molar-refractivity contribution in [2.75, 3.05) is 13.2 Å². The molecule has 0 aliphatic carbocycles. The van der Waals surface area contributed by atoms with E-state index in [1.165, 1.54) is 16.7 Å². The molecule has 5 rings (SSSR count). The molecule has 0 saturated heterocycles. The van der Waals surface area contributed by atoms with Crippen molar-refractivity contribution in [2.45, 2.75) is 39.7 Å². The van der Waals surface area contributed by atoms with E-state index in [4.69, 9.17) is 9.72 Å². The van der Waals surface area contributed by atoms with Gasteiger partial charge in [-0.05, 0) is 72.4 Å². The lowest BCUT2D eigenvalue weighted by Crippen LogP contribution is -2.26. The van der Waals surface area contributed by atoms with Crippen molar-refractivity contribution in [3.8, 4) is 16.9 Å². The molecule has 0 bridgehead atoms. The second-order valence-electron chi connectivity index (χ2n) is 9.96. The Morgan fingerprint density at radius 1 is 0.846 bits per heavy atom. The lowest BCUT2D eigenvalue weighted by atomic mass is 10.0. The molecule has 0 saturated carbocycles. The summed E-state index contributed by atoms with van der Waals surface area (Å²) in [4.78, 5) is 17.4. The fourth-order valence-corrected chi connectivity index (χ4v) is 4.79. The van der Waals surface area contributed by atoms with E-state index in [9.17, 15) is 4.79 Å². The van der Waals surface area contributed by atoms with Gasteiger partial charge >= 0.3 is 0 Å². The Hall–Kier alpha value is -4.38. The minimum Gasteiger partial charge on any atom is -0.492 e. The number of para-hydroxylation sites is 2. The average Bonchev–Trinajstić information content (AvgIpc) is 3.31. The molecular formula is C34H35N3O2. The van der Waals surface area contributed by atoms with Crippen LogP contribution >= 0.6 is 0 Å². The van der Waals surface area contributed by atoms with Crippen LogP contribution in [-0.2, 0) is 24.2 Å². The van der Waals surface area contributed by atoms with Gasteiger partial charge in [0.2, 0.25) is 5.91 Å². The second kappa shape index (κ2) is 12.4. The largest absolute Gasteiger partial charge is 0.492 e. The topological polar surface area (TPSA) is 56.1 Å². The maximum absolute atomic E-state index is 12.6. The zero-order chi connectivity index (χ0) is 27.0. The molecule has 0 radical (unpaired) electrons. The zero-order valence-corrected chi connectivity index (χ0v) is 22.7. The molecule has 0 spiro atoms. The number of aromatic nitrogens is 2. The van der Waals surface area contributed by atoms with Gasteiger partial charge in [-0.1, -0.05) is 72.8 Å². The summed E-state index contributed by atoms with van der Waals surface area (Å²) < 4.78 is 8.30. The quantitative estimate of drug-likeness (QED) is 0.199. The Balaban J connectivity index is 1.13. The number of imidazole rings is 1. The number of amides is 1. The van der Waals surface area contributed by atoms with Gasteiger partial charge in [-0.3, -0.25) is 4.79 Å². The highest BCUT2D eigenvalue weighted by atomic mass is 16.5.